The number of aliphatic hydroxyl groups is 1. The summed E-state index contributed by atoms with van der Waals surface area (Å²) >= 11 is 0. The van der Waals surface area contributed by atoms with Gasteiger partial charge in [0.1, 0.15) is 17.3 Å². The smallest absolute Gasteiger partial charge is 0.191 e. The summed E-state index contributed by atoms with van der Waals surface area (Å²) in [6.45, 7) is 6.89. The highest BCUT2D eigenvalue weighted by Crippen LogP contribution is 2.19. The fourth-order valence-electron chi connectivity index (χ4n) is 2.41. The van der Waals surface area contributed by atoms with Gasteiger partial charge in [0, 0.05) is 6.54 Å². The molecule has 7 heteroatoms. The Morgan fingerprint density at radius 2 is 2.08 bits per heavy atom. The van der Waals surface area contributed by atoms with Crippen LogP contribution in [-0.2, 0) is 0 Å². The molecule has 0 bridgehead atoms. The van der Waals surface area contributed by atoms with Gasteiger partial charge in [-0.05, 0) is 50.6 Å². The molecule has 0 amide bonds. The van der Waals surface area contributed by atoms with Crippen LogP contribution in [0.2, 0.25) is 0 Å². The summed E-state index contributed by atoms with van der Waals surface area (Å²) in [7, 11) is 1.61. The van der Waals surface area contributed by atoms with Crippen molar-refractivity contribution < 1.29 is 14.3 Å². The van der Waals surface area contributed by atoms with Gasteiger partial charge in [-0.1, -0.05) is 12.1 Å². The first-order chi connectivity index (χ1) is 12.0. The van der Waals surface area contributed by atoms with Crippen LogP contribution in [0, 0.1) is 6.92 Å². The number of ether oxygens (including phenoxy) is 1. The van der Waals surface area contributed by atoms with Gasteiger partial charge in [0.05, 0.1) is 25.8 Å². The van der Waals surface area contributed by atoms with E-state index in [0.29, 0.717) is 11.7 Å². The van der Waals surface area contributed by atoms with E-state index in [4.69, 9.17) is 9.15 Å². The van der Waals surface area contributed by atoms with Gasteiger partial charge in [0.25, 0.3) is 0 Å². The number of guanidine groups is 1. The van der Waals surface area contributed by atoms with Crippen molar-refractivity contribution in [2.24, 2.45) is 4.99 Å². The number of rotatable bonds is 7. The van der Waals surface area contributed by atoms with Crippen molar-refractivity contribution in [3.05, 3.63) is 53.5 Å². The largest absolute Gasteiger partial charge is 0.497 e. The van der Waals surface area contributed by atoms with Crippen molar-refractivity contribution in [3.8, 4) is 5.75 Å². The molecule has 0 aliphatic carbocycles. The van der Waals surface area contributed by atoms with Crippen LogP contribution in [0.25, 0.3) is 0 Å². The van der Waals surface area contributed by atoms with Gasteiger partial charge in [0.2, 0.25) is 0 Å². The molecule has 1 aromatic carbocycles. The van der Waals surface area contributed by atoms with Crippen molar-refractivity contribution in [3.63, 3.8) is 0 Å². The van der Waals surface area contributed by atoms with Gasteiger partial charge in [0.15, 0.2) is 5.96 Å². The van der Waals surface area contributed by atoms with E-state index in [0.717, 1.165) is 23.6 Å². The second kappa shape index (κ2) is 11.1. The highest BCUT2D eigenvalue weighted by molar-refractivity contribution is 14.0. The lowest BCUT2D eigenvalue weighted by atomic mass is 10.1. The Morgan fingerprint density at radius 3 is 2.69 bits per heavy atom. The number of halogens is 1. The predicted molar refractivity (Wildman–Crippen MR) is 114 cm³/mol. The standard InChI is InChI=1S/C19H27N3O3.HI/c1-5-20-19(22-14(3)18-10-9-13(2)25-18)21-12-17(23)15-7-6-8-16(11-15)24-4;/h6-11,14,17,23H,5,12H2,1-4H3,(H2,20,21,22);1H. The summed E-state index contributed by atoms with van der Waals surface area (Å²) in [6, 6.07) is 11.2. The highest BCUT2D eigenvalue weighted by atomic mass is 127. The van der Waals surface area contributed by atoms with Crippen molar-refractivity contribution in [2.75, 3.05) is 20.2 Å². The summed E-state index contributed by atoms with van der Waals surface area (Å²) in [6.07, 6.45) is -0.702. The molecule has 0 fully saturated rings. The molecule has 3 N–H and O–H groups in total. The van der Waals surface area contributed by atoms with Gasteiger partial charge >= 0.3 is 0 Å². The molecule has 2 rings (SSSR count). The van der Waals surface area contributed by atoms with Crippen LogP contribution in [0.1, 0.15) is 43.1 Å². The molecule has 2 unspecified atom stereocenters. The van der Waals surface area contributed by atoms with Gasteiger partial charge < -0.3 is 24.9 Å². The van der Waals surface area contributed by atoms with E-state index < -0.39 is 6.10 Å². The molecule has 0 saturated heterocycles. The zero-order valence-electron chi connectivity index (χ0n) is 15.7. The SMILES string of the molecule is CCNC(=NCC(O)c1cccc(OC)c1)NC(C)c1ccc(C)o1.I. The first-order valence-corrected chi connectivity index (χ1v) is 8.46. The first-order valence-electron chi connectivity index (χ1n) is 8.46. The second-order valence-electron chi connectivity index (χ2n) is 5.83. The lowest BCUT2D eigenvalue weighted by Gasteiger charge is -2.17. The number of hydrogen-bond donors (Lipinski definition) is 3. The van der Waals surface area contributed by atoms with E-state index in [9.17, 15) is 5.11 Å². The lowest BCUT2D eigenvalue weighted by Crippen LogP contribution is -2.39. The van der Waals surface area contributed by atoms with Crippen molar-refractivity contribution in [2.45, 2.75) is 32.9 Å². The fraction of sp³-hybridized carbons (Fsp3) is 0.421. The van der Waals surface area contributed by atoms with E-state index >= 15 is 0 Å². The Balaban J connectivity index is 0.00000338. The lowest BCUT2D eigenvalue weighted by molar-refractivity contribution is 0.186. The second-order valence-corrected chi connectivity index (χ2v) is 5.83. The molecule has 26 heavy (non-hydrogen) atoms. The summed E-state index contributed by atoms with van der Waals surface area (Å²) < 4.78 is 10.8. The maximum atomic E-state index is 10.4. The number of hydrogen-bond acceptors (Lipinski definition) is 4. The summed E-state index contributed by atoms with van der Waals surface area (Å²) in [5.74, 6) is 3.06. The first kappa shape index (κ1) is 22.3. The molecular formula is C19H28IN3O3. The Morgan fingerprint density at radius 1 is 1.31 bits per heavy atom. The third-order valence-electron chi connectivity index (χ3n) is 3.79. The summed E-state index contributed by atoms with van der Waals surface area (Å²) in [5.41, 5.74) is 0.772. The maximum absolute atomic E-state index is 10.4. The molecule has 2 atom stereocenters. The third kappa shape index (κ3) is 6.53. The topological polar surface area (TPSA) is 79.0 Å². The number of benzene rings is 1. The Bertz CT molecular complexity index is 703. The highest BCUT2D eigenvalue weighted by Gasteiger charge is 2.13. The van der Waals surface area contributed by atoms with E-state index in [2.05, 4.69) is 15.6 Å². The zero-order valence-corrected chi connectivity index (χ0v) is 18.0. The average Bonchev–Trinajstić information content (AvgIpc) is 3.06. The van der Waals surface area contributed by atoms with Crippen LogP contribution in [0.15, 0.2) is 45.8 Å². The number of furan rings is 1. The van der Waals surface area contributed by atoms with E-state index in [-0.39, 0.29) is 36.6 Å². The number of nitrogens with one attached hydrogen (secondary N) is 2. The van der Waals surface area contributed by atoms with Crippen LogP contribution >= 0.6 is 24.0 Å². The molecule has 1 aromatic heterocycles. The van der Waals surface area contributed by atoms with Crippen LogP contribution in [-0.4, -0.2) is 31.3 Å². The fourth-order valence-corrected chi connectivity index (χ4v) is 2.41. The molecule has 144 valence electrons. The normalized spacial score (nSPS) is 13.5. The number of aliphatic imine (C=N–C) groups is 1. The Labute approximate surface area is 172 Å². The Kier molecular flexibility index (Phi) is 9.50. The summed E-state index contributed by atoms with van der Waals surface area (Å²) in [5, 5.41) is 16.8. The molecule has 0 spiro atoms. The van der Waals surface area contributed by atoms with Gasteiger partial charge in [-0.15, -0.1) is 24.0 Å². The molecule has 6 nitrogen and oxygen atoms in total. The number of methoxy groups -OCH3 is 1. The molecule has 0 saturated carbocycles. The monoisotopic (exact) mass is 473 g/mol. The zero-order chi connectivity index (χ0) is 18.2. The van der Waals surface area contributed by atoms with E-state index in [1.165, 1.54) is 0 Å². The average molecular weight is 473 g/mol. The van der Waals surface area contributed by atoms with Crippen LogP contribution in [0.3, 0.4) is 0 Å². The maximum Gasteiger partial charge on any atom is 0.191 e. The molecule has 1 heterocycles. The van der Waals surface area contributed by atoms with E-state index in [1.807, 2.05) is 57.2 Å². The van der Waals surface area contributed by atoms with Gasteiger partial charge in [-0.2, -0.15) is 0 Å². The number of aliphatic hydroxyl groups excluding tert-OH is 1. The van der Waals surface area contributed by atoms with E-state index in [1.54, 1.807) is 7.11 Å². The van der Waals surface area contributed by atoms with Gasteiger partial charge in [-0.25, -0.2) is 0 Å². The van der Waals surface area contributed by atoms with Crippen molar-refractivity contribution >= 4 is 29.9 Å². The molecule has 0 radical (unpaired) electrons. The van der Waals surface area contributed by atoms with Crippen molar-refractivity contribution in [1.29, 1.82) is 0 Å². The predicted octanol–water partition coefficient (Wildman–Crippen LogP) is 3.56. The molecular weight excluding hydrogens is 445 g/mol. The van der Waals surface area contributed by atoms with Crippen LogP contribution < -0.4 is 15.4 Å². The summed E-state index contributed by atoms with van der Waals surface area (Å²) in [4.78, 5) is 4.48. The Hall–Kier alpha value is -1.74. The quantitative estimate of drug-likeness (QED) is 0.326. The van der Waals surface area contributed by atoms with Gasteiger partial charge in [-0.3, -0.25) is 4.99 Å². The minimum Gasteiger partial charge on any atom is -0.497 e. The number of nitrogens with zero attached hydrogens (tertiary/aromatic N) is 1. The molecule has 2 aromatic rings. The molecule has 0 aliphatic heterocycles. The van der Waals surface area contributed by atoms with Crippen LogP contribution in [0.4, 0.5) is 0 Å². The molecule has 0 aliphatic rings. The van der Waals surface area contributed by atoms with Crippen molar-refractivity contribution in [1.82, 2.24) is 10.6 Å². The minimum absolute atomic E-state index is 0. The minimum atomic E-state index is -0.702. The number of aryl methyl sites for hydroxylation is 1. The third-order valence-corrected chi connectivity index (χ3v) is 3.79. The van der Waals surface area contributed by atoms with Crippen LogP contribution in [0.5, 0.6) is 5.75 Å².